The second-order valence-corrected chi connectivity index (χ2v) is 5.44. The van der Waals surface area contributed by atoms with Crippen LogP contribution in [0, 0.1) is 5.82 Å². The van der Waals surface area contributed by atoms with Crippen LogP contribution in [0.5, 0.6) is 0 Å². The molecule has 3 nitrogen and oxygen atoms in total. The summed E-state index contributed by atoms with van der Waals surface area (Å²) in [5.41, 5.74) is 8.71. The fourth-order valence-corrected chi connectivity index (χ4v) is 3.07. The molecule has 0 fully saturated rings. The molecule has 1 atom stereocenters. The van der Waals surface area contributed by atoms with E-state index >= 15 is 0 Å². The van der Waals surface area contributed by atoms with E-state index in [0.717, 1.165) is 17.5 Å². The number of hydrogen-bond donors (Lipinski definition) is 1. The third kappa shape index (κ3) is 2.21. The van der Waals surface area contributed by atoms with E-state index in [1.165, 1.54) is 17.7 Å². The number of nitrogens with zero attached hydrogens (tertiary/aromatic N) is 2. The molecule has 0 aliphatic carbocycles. The van der Waals surface area contributed by atoms with Gasteiger partial charge in [0.25, 0.3) is 0 Å². The van der Waals surface area contributed by atoms with Gasteiger partial charge in [-0.15, -0.1) is 0 Å². The average Bonchev–Trinajstić information content (AvgIpc) is 2.95. The van der Waals surface area contributed by atoms with Crippen molar-refractivity contribution in [3.8, 4) is 0 Å². The van der Waals surface area contributed by atoms with Crippen LogP contribution in [-0.2, 0) is 6.42 Å². The van der Waals surface area contributed by atoms with Gasteiger partial charge in [0, 0.05) is 6.04 Å². The molecule has 0 saturated carbocycles. The highest BCUT2D eigenvalue weighted by Crippen LogP contribution is 2.26. The SMILES string of the molecule is CC(Cc1ccsc1)n1c(N)nc2ccc(F)cc21. The summed E-state index contributed by atoms with van der Waals surface area (Å²) < 4.78 is 15.3. The largest absolute Gasteiger partial charge is 0.369 e. The lowest BCUT2D eigenvalue weighted by Crippen LogP contribution is -2.11. The molecule has 0 bridgehead atoms. The van der Waals surface area contributed by atoms with Crippen molar-refractivity contribution in [1.82, 2.24) is 9.55 Å². The lowest BCUT2D eigenvalue weighted by Gasteiger charge is -2.15. The van der Waals surface area contributed by atoms with Gasteiger partial charge in [-0.25, -0.2) is 9.37 Å². The molecule has 2 aromatic heterocycles. The van der Waals surface area contributed by atoms with Gasteiger partial charge in [-0.2, -0.15) is 11.3 Å². The average molecular weight is 275 g/mol. The minimum atomic E-state index is -0.267. The van der Waals surface area contributed by atoms with Crippen molar-refractivity contribution in [1.29, 1.82) is 0 Å². The van der Waals surface area contributed by atoms with Gasteiger partial charge in [0.15, 0.2) is 0 Å². The lowest BCUT2D eigenvalue weighted by molar-refractivity contribution is 0.565. The van der Waals surface area contributed by atoms with Gasteiger partial charge in [0.05, 0.1) is 11.0 Å². The predicted octanol–water partition coefficient (Wildman–Crippen LogP) is 3.62. The predicted molar refractivity (Wildman–Crippen MR) is 76.8 cm³/mol. The van der Waals surface area contributed by atoms with E-state index < -0.39 is 0 Å². The van der Waals surface area contributed by atoms with Crippen LogP contribution >= 0.6 is 11.3 Å². The Morgan fingerprint density at radius 2 is 2.26 bits per heavy atom. The quantitative estimate of drug-likeness (QED) is 0.793. The first kappa shape index (κ1) is 12.2. The number of anilines is 1. The third-order valence-corrected chi connectivity index (χ3v) is 3.96. The van der Waals surface area contributed by atoms with Crippen LogP contribution in [0.4, 0.5) is 10.3 Å². The smallest absolute Gasteiger partial charge is 0.201 e. The summed E-state index contributed by atoms with van der Waals surface area (Å²) in [7, 11) is 0. The minimum Gasteiger partial charge on any atom is -0.369 e. The first-order chi connectivity index (χ1) is 9.15. The van der Waals surface area contributed by atoms with Crippen molar-refractivity contribution >= 4 is 28.3 Å². The number of aromatic nitrogens is 2. The molecule has 3 rings (SSSR count). The number of hydrogen-bond acceptors (Lipinski definition) is 3. The number of nitrogen functional groups attached to an aromatic ring is 1. The zero-order valence-electron chi connectivity index (χ0n) is 10.5. The molecule has 2 heterocycles. The van der Waals surface area contributed by atoms with Crippen molar-refractivity contribution in [2.24, 2.45) is 0 Å². The van der Waals surface area contributed by atoms with Crippen LogP contribution in [0.2, 0.25) is 0 Å². The van der Waals surface area contributed by atoms with Gasteiger partial charge in [-0.3, -0.25) is 0 Å². The van der Waals surface area contributed by atoms with E-state index in [1.807, 2.05) is 4.57 Å². The van der Waals surface area contributed by atoms with Crippen LogP contribution in [0.15, 0.2) is 35.0 Å². The van der Waals surface area contributed by atoms with Crippen LogP contribution < -0.4 is 5.73 Å². The summed E-state index contributed by atoms with van der Waals surface area (Å²) in [6, 6.07) is 6.79. The van der Waals surface area contributed by atoms with E-state index in [0.29, 0.717) is 5.95 Å². The first-order valence-corrected chi connectivity index (χ1v) is 7.03. The Morgan fingerprint density at radius 3 is 3.00 bits per heavy atom. The zero-order valence-corrected chi connectivity index (χ0v) is 11.3. The Kier molecular flexibility index (Phi) is 2.98. The molecule has 0 saturated heterocycles. The van der Waals surface area contributed by atoms with Crippen molar-refractivity contribution in [2.45, 2.75) is 19.4 Å². The van der Waals surface area contributed by atoms with Crippen molar-refractivity contribution < 1.29 is 4.39 Å². The molecule has 19 heavy (non-hydrogen) atoms. The second-order valence-electron chi connectivity index (χ2n) is 4.66. The van der Waals surface area contributed by atoms with E-state index in [2.05, 4.69) is 28.7 Å². The number of halogens is 1. The highest BCUT2D eigenvalue weighted by atomic mass is 32.1. The van der Waals surface area contributed by atoms with Gasteiger partial charge in [0.1, 0.15) is 5.82 Å². The molecule has 3 aromatic rings. The summed E-state index contributed by atoms with van der Waals surface area (Å²) in [6.07, 6.45) is 0.857. The summed E-state index contributed by atoms with van der Waals surface area (Å²) in [5, 5.41) is 4.17. The fourth-order valence-electron chi connectivity index (χ4n) is 2.39. The van der Waals surface area contributed by atoms with E-state index in [1.54, 1.807) is 17.4 Å². The molecule has 0 aliphatic heterocycles. The number of thiophene rings is 1. The topological polar surface area (TPSA) is 43.8 Å². The second kappa shape index (κ2) is 4.66. The molecule has 5 heteroatoms. The number of fused-ring (bicyclic) bond motifs is 1. The van der Waals surface area contributed by atoms with Gasteiger partial charge in [0.2, 0.25) is 5.95 Å². The Labute approximate surface area is 114 Å². The van der Waals surface area contributed by atoms with Crippen LogP contribution in [0.1, 0.15) is 18.5 Å². The minimum absolute atomic E-state index is 0.140. The van der Waals surface area contributed by atoms with Gasteiger partial charge in [-0.05, 0) is 53.9 Å². The molecule has 0 aliphatic rings. The van der Waals surface area contributed by atoms with Gasteiger partial charge < -0.3 is 10.3 Å². The highest BCUT2D eigenvalue weighted by molar-refractivity contribution is 7.07. The number of rotatable bonds is 3. The summed E-state index contributed by atoms with van der Waals surface area (Å²) in [6.45, 7) is 2.07. The van der Waals surface area contributed by atoms with E-state index in [9.17, 15) is 4.39 Å². The maximum atomic E-state index is 13.4. The van der Waals surface area contributed by atoms with Crippen molar-refractivity contribution in [2.75, 3.05) is 5.73 Å². The Balaban J connectivity index is 2.03. The summed E-state index contributed by atoms with van der Waals surface area (Å²) >= 11 is 1.67. The molecular formula is C14H14FN3S. The zero-order chi connectivity index (χ0) is 13.4. The Morgan fingerprint density at radius 1 is 1.42 bits per heavy atom. The summed E-state index contributed by atoms with van der Waals surface area (Å²) in [5.74, 6) is 0.166. The van der Waals surface area contributed by atoms with E-state index in [-0.39, 0.29) is 11.9 Å². The third-order valence-electron chi connectivity index (χ3n) is 3.23. The van der Waals surface area contributed by atoms with Gasteiger partial charge >= 0.3 is 0 Å². The molecule has 1 aromatic carbocycles. The summed E-state index contributed by atoms with van der Waals surface area (Å²) in [4.78, 5) is 4.28. The molecule has 0 amide bonds. The normalized spacial score (nSPS) is 12.9. The molecule has 2 N–H and O–H groups in total. The van der Waals surface area contributed by atoms with Gasteiger partial charge in [-0.1, -0.05) is 0 Å². The van der Waals surface area contributed by atoms with Crippen LogP contribution in [-0.4, -0.2) is 9.55 Å². The highest BCUT2D eigenvalue weighted by Gasteiger charge is 2.15. The lowest BCUT2D eigenvalue weighted by atomic mass is 10.1. The molecule has 0 radical (unpaired) electrons. The fraction of sp³-hybridized carbons (Fsp3) is 0.214. The monoisotopic (exact) mass is 275 g/mol. The standard InChI is InChI=1S/C14H14FN3S/c1-9(6-10-4-5-19-8-10)18-13-7-11(15)2-3-12(13)17-14(18)16/h2-5,7-9H,6H2,1H3,(H2,16,17). The first-order valence-electron chi connectivity index (χ1n) is 6.09. The molecule has 98 valence electrons. The molecule has 0 spiro atoms. The number of benzene rings is 1. The van der Waals surface area contributed by atoms with Crippen molar-refractivity contribution in [3.05, 3.63) is 46.4 Å². The molecular weight excluding hydrogens is 261 g/mol. The Bertz CT molecular complexity index is 703. The van der Waals surface area contributed by atoms with Crippen molar-refractivity contribution in [3.63, 3.8) is 0 Å². The Hall–Kier alpha value is -1.88. The number of nitrogens with two attached hydrogens (primary N) is 1. The van der Waals surface area contributed by atoms with E-state index in [4.69, 9.17) is 5.73 Å². The number of imidazole rings is 1. The maximum Gasteiger partial charge on any atom is 0.201 e. The van der Waals surface area contributed by atoms with Crippen LogP contribution in [0.3, 0.4) is 0 Å². The molecule has 1 unspecified atom stereocenters. The van der Waals surface area contributed by atoms with Crippen LogP contribution in [0.25, 0.3) is 11.0 Å². The maximum absolute atomic E-state index is 13.4.